The lowest BCUT2D eigenvalue weighted by atomic mass is 9.96. The van der Waals surface area contributed by atoms with E-state index in [1.54, 1.807) is 0 Å². The molecule has 238 valence electrons. The molecule has 2 aliphatic heterocycles. The molecular formula is C40H40N6Si2. The van der Waals surface area contributed by atoms with Crippen molar-refractivity contribution in [3.8, 4) is 0 Å². The van der Waals surface area contributed by atoms with Crippen molar-refractivity contribution in [2.24, 2.45) is 0 Å². The minimum Gasteiger partial charge on any atom is -0.295 e. The third kappa shape index (κ3) is 3.78. The number of rotatable bonds is 5. The largest absolute Gasteiger partial charge is 0.295 e. The van der Waals surface area contributed by atoms with Crippen molar-refractivity contribution in [1.29, 1.82) is 0 Å². The zero-order valence-electron chi connectivity index (χ0n) is 28.7. The predicted octanol–water partition coefficient (Wildman–Crippen LogP) is 7.46. The van der Waals surface area contributed by atoms with E-state index in [1.807, 2.05) is 12.4 Å². The molecule has 2 aliphatic rings. The molecule has 10 rings (SSSR count). The molecule has 0 fully saturated rings. The van der Waals surface area contributed by atoms with Crippen LogP contribution in [0.5, 0.6) is 0 Å². The van der Waals surface area contributed by atoms with Gasteiger partial charge in [-0.2, -0.15) is 0 Å². The van der Waals surface area contributed by atoms with E-state index in [-0.39, 0.29) is 0 Å². The lowest BCUT2D eigenvalue weighted by Gasteiger charge is -2.25. The van der Waals surface area contributed by atoms with Crippen LogP contribution in [0.3, 0.4) is 0 Å². The third-order valence-corrected chi connectivity index (χ3v) is 15.2. The van der Waals surface area contributed by atoms with Crippen molar-refractivity contribution in [3.63, 3.8) is 0 Å². The standard InChI is InChI=1S/C40H40N6Si2/c1-47(2,3)31-19-13-23-11-17-29-27(43-39-25-9-7-21-41-35(25)33(31)37(23)45(29)39)15-16-28-30-18-12-24-14-20-32(48(4,5)6)34-36-26(10-8-22-42-36)40(44-28)46(30)38(24)34/h7-10,13-14,19-22H,11-12,15-18H2,1-6H3. The number of hydrogen-bond acceptors (Lipinski definition) is 4. The van der Waals surface area contributed by atoms with Crippen LogP contribution in [0.4, 0.5) is 0 Å². The molecule has 0 amide bonds. The van der Waals surface area contributed by atoms with E-state index < -0.39 is 16.1 Å². The Labute approximate surface area is 281 Å². The van der Waals surface area contributed by atoms with Gasteiger partial charge in [0.2, 0.25) is 0 Å². The van der Waals surface area contributed by atoms with Crippen molar-refractivity contribution in [2.75, 3.05) is 0 Å². The van der Waals surface area contributed by atoms with Crippen LogP contribution < -0.4 is 10.4 Å². The SMILES string of the molecule is C[Si](C)(C)c1ccc2c3c1c1ncccc1c1nc(CCc4nc5c6cccnc6c6c([Si](C)(C)C)ccc7c6n5c4CC7)c(n13)CC2. The maximum Gasteiger partial charge on any atom is 0.147 e. The fourth-order valence-electron chi connectivity index (χ4n) is 8.98. The fourth-order valence-corrected chi connectivity index (χ4v) is 12.1. The van der Waals surface area contributed by atoms with Crippen LogP contribution in [-0.4, -0.2) is 44.9 Å². The van der Waals surface area contributed by atoms with Gasteiger partial charge in [0.15, 0.2) is 0 Å². The average molecular weight is 661 g/mol. The summed E-state index contributed by atoms with van der Waals surface area (Å²) in [6.07, 6.45) is 9.76. The highest BCUT2D eigenvalue weighted by Gasteiger charge is 2.31. The van der Waals surface area contributed by atoms with Gasteiger partial charge in [-0.1, -0.05) is 63.5 Å². The number of imidazole rings is 2. The molecule has 8 heterocycles. The topological polar surface area (TPSA) is 60.4 Å². The van der Waals surface area contributed by atoms with E-state index in [2.05, 4.69) is 96.6 Å². The number of nitrogens with zero attached hydrogens (tertiary/aromatic N) is 6. The van der Waals surface area contributed by atoms with Crippen LogP contribution in [0.15, 0.2) is 60.9 Å². The molecule has 48 heavy (non-hydrogen) atoms. The number of aromatic nitrogens is 6. The second-order valence-electron chi connectivity index (χ2n) is 16.1. The van der Waals surface area contributed by atoms with Gasteiger partial charge in [0.1, 0.15) is 11.3 Å². The highest BCUT2D eigenvalue weighted by Crippen LogP contribution is 2.38. The monoisotopic (exact) mass is 660 g/mol. The number of benzene rings is 2. The normalized spacial score (nSPS) is 14.7. The summed E-state index contributed by atoms with van der Waals surface area (Å²) in [7, 11) is -3.27. The maximum atomic E-state index is 5.46. The Hall–Kier alpha value is -4.41. The van der Waals surface area contributed by atoms with Crippen LogP contribution in [0.1, 0.15) is 33.9 Å². The molecule has 0 saturated heterocycles. The van der Waals surface area contributed by atoms with Crippen LogP contribution >= 0.6 is 0 Å². The van der Waals surface area contributed by atoms with Crippen molar-refractivity contribution < 1.29 is 0 Å². The third-order valence-electron chi connectivity index (χ3n) is 11.1. The Morgan fingerprint density at radius 1 is 0.562 bits per heavy atom. The molecule has 6 nitrogen and oxygen atoms in total. The highest BCUT2D eigenvalue weighted by atomic mass is 28.3. The smallest absolute Gasteiger partial charge is 0.147 e. The van der Waals surface area contributed by atoms with Gasteiger partial charge in [-0.25, -0.2) is 9.97 Å². The Kier molecular flexibility index (Phi) is 5.72. The lowest BCUT2D eigenvalue weighted by molar-refractivity contribution is 0.803. The second kappa shape index (κ2) is 9.60. The van der Waals surface area contributed by atoms with Crippen molar-refractivity contribution in [1.82, 2.24) is 28.7 Å². The molecule has 0 unspecified atom stereocenters. The zero-order valence-corrected chi connectivity index (χ0v) is 30.7. The van der Waals surface area contributed by atoms with Gasteiger partial charge >= 0.3 is 0 Å². The second-order valence-corrected chi connectivity index (χ2v) is 26.2. The van der Waals surface area contributed by atoms with E-state index in [0.29, 0.717) is 0 Å². The Morgan fingerprint density at radius 2 is 1.00 bits per heavy atom. The number of aryl methyl sites for hydroxylation is 6. The van der Waals surface area contributed by atoms with Crippen molar-refractivity contribution >= 4 is 81.4 Å². The maximum absolute atomic E-state index is 5.46. The van der Waals surface area contributed by atoms with Gasteiger partial charge in [-0.15, -0.1) is 0 Å². The van der Waals surface area contributed by atoms with Crippen LogP contribution in [0, 0.1) is 0 Å². The van der Waals surface area contributed by atoms with Crippen LogP contribution in [0.2, 0.25) is 39.3 Å². The summed E-state index contributed by atoms with van der Waals surface area (Å²) >= 11 is 0. The summed E-state index contributed by atoms with van der Waals surface area (Å²) in [6.45, 7) is 14.7. The summed E-state index contributed by atoms with van der Waals surface area (Å²) in [6, 6.07) is 18.2. The minimum absolute atomic E-state index is 0.876. The molecule has 0 bridgehead atoms. The molecule has 0 N–H and O–H groups in total. The molecule has 6 aromatic heterocycles. The van der Waals surface area contributed by atoms with Crippen molar-refractivity contribution in [3.05, 3.63) is 94.8 Å². The summed E-state index contributed by atoms with van der Waals surface area (Å²) in [5.74, 6) is 0. The van der Waals surface area contributed by atoms with Gasteiger partial charge in [0.25, 0.3) is 0 Å². The van der Waals surface area contributed by atoms with Crippen LogP contribution in [0.25, 0.3) is 54.9 Å². The Bertz CT molecular complexity index is 2520. The first-order valence-electron chi connectivity index (χ1n) is 17.6. The summed E-state index contributed by atoms with van der Waals surface area (Å²) in [4.78, 5) is 20.9. The van der Waals surface area contributed by atoms with Gasteiger partial charge in [0, 0.05) is 45.3 Å². The van der Waals surface area contributed by atoms with Gasteiger partial charge < -0.3 is 0 Å². The van der Waals surface area contributed by atoms with Crippen LogP contribution in [-0.2, 0) is 38.5 Å². The number of pyridine rings is 4. The van der Waals surface area contributed by atoms with Gasteiger partial charge in [-0.05, 0) is 84.3 Å². The predicted molar refractivity (Wildman–Crippen MR) is 204 cm³/mol. The highest BCUT2D eigenvalue weighted by molar-refractivity contribution is 6.91. The van der Waals surface area contributed by atoms with E-state index >= 15 is 0 Å². The Balaban J connectivity index is 1.18. The lowest BCUT2D eigenvalue weighted by Crippen LogP contribution is -2.38. The van der Waals surface area contributed by atoms with E-state index in [9.17, 15) is 0 Å². The molecule has 0 aliphatic carbocycles. The molecular weight excluding hydrogens is 621 g/mol. The Morgan fingerprint density at radius 3 is 1.42 bits per heavy atom. The average Bonchev–Trinajstić information content (AvgIpc) is 3.64. The van der Waals surface area contributed by atoms with E-state index in [4.69, 9.17) is 19.9 Å². The molecule has 0 saturated carbocycles. The first kappa shape index (κ1) is 28.6. The number of fused-ring (bicyclic) bond motifs is 6. The molecule has 0 atom stereocenters. The molecule has 0 radical (unpaired) electrons. The van der Waals surface area contributed by atoms with Gasteiger partial charge in [-0.3, -0.25) is 18.8 Å². The molecule has 0 spiro atoms. The zero-order chi connectivity index (χ0) is 32.7. The molecule has 2 aromatic carbocycles. The quantitative estimate of drug-likeness (QED) is 0.142. The van der Waals surface area contributed by atoms with Gasteiger partial charge in [0.05, 0.1) is 49.6 Å². The molecule has 8 aromatic rings. The summed E-state index contributed by atoms with van der Waals surface area (Å²) < 4.78 is 5.03. The first-order valence-corrected chi connectivity index (χ1v) is 24.6. The summed E-state index contributed by atoms with van der Waals surface area (Å²) in [5.41, 5.74) is 15.1. The van der Waals surface area contributed by atoms with Crippen molar-refractivity contribution in [2.45, 2.75) is 77.8 Å². The number of hydrogen-bond donors (Lipinski definition) is 0. The fraction of sp³-hybridized carbons (Fsp3) is 0.300. The summed E-state index contributed by atoms with van der Waals surface area (Å²) in [5, 5.41) is 8.01. The molecule has 8 heteroatoms. The van der Waals surface area contributed by atoms with E-state index in [1.165, 1.54) is 66.1 Å². The van der Waals surface area contributed by atoms with E-state index in [0.717, 1.165) is 71.6 Å². The minimum atomic E-state index is -1.63. The first-order chi connectivity index (χ1) is 23.1.